The van der Waals surface area contributed by atoms with Crippen LogP contribution < -0.4 is 5.11 Å². The second kappa shape index (κ2) is 6.10. The SMILES string of the molecule is COC(=O)C1(c2cccc(C(F)(F)F)c2)CCN(C(=O)[O-])CC1. The predicted molar refractivity (Wildman–Crippen MR) is 71.3 cm³/mol. The summed E-state index contributed by atoms with van der Waals surface area (Å²) in [4.78, 5) is 24.1. The zero-order valence-corrected chi connectivity index (χ0v) is 12.4. The predicted octanol–water partition coefficient (Wildman–Crippen LogP) is 1.56. The van der Waals surface area contributed by atoms with E-state index in [4.69, 9.17) is 4.74 Å². The normalized spacial score (nSPS) is 17.7. The average molecular weight is 330 g/mol. The van der Waals surface area contributed by atoms with Gasteiger partial charge < -0.3 is 19.5 Å². The van der Waals surface area contributed by atoms with Crippen LogP contribution in [0.2, 0.25) is 0 Å². The average Bonchev–Trinajstić information content (AvgIpc) is 2.53. The molecule has 1 aromatic rings. The third kappa shape index (κ3) is 3.25. The van der Waals surface area contributed by atoms with Crippen molar-refractivity contribution in [3.05, 3.63) is 35.4 Å². The Balaban J connectivity index is 2.41. The van der Waals surface area contributed by atoms with Crippen molar-refractivity contribution in [3.8, 4) is 0 Å². The molecule has 0 spiro atoms. The summed E-state index contributed by atoms with van der Waals surface area (Å²) in [6, 6.07) is 4.51. The van der Waals surface area contributed by atoms with E-state index in [0.29, 0.717) is 0 Å². The fourth-order valence-corrected chi connectivity index (χ4v) is 2.87. The highest BCUT2D eigenvalue weighted by Gasteiger charge is 2.45. The first kappa shape index (κ1) is 17.1. The van der Waals surface area contributed by atoms with E-state index in [2.05, 4.69) is 0 Å². The van der Waals surface area contributed by atoms with Crippen molar-refractivity contribution < 1.29 is 32.6 Å². The van der Waals surface area contributed by atoms with Gasteiger partial charge in [-0.1, -0.05) is 18.2 Å². The highest BCUT2D eigenvalue weighted by molar-refractivity contribution is 5.83. The molecule has 0 radical (unpaired) electrons. The van der Waals surface area contributed by atoms with Gasteiger partial charge in [-0.2, -0.15) is 13.2 Å². The summed E-state index contributed by atoms with van der Waals surface area (Å²) in [5.41, 5.74) is -1.97. The van der Waals surface area contributed by atoms with E-state index in [0.717, 1.165) is 24.1 Å². The van der Waals surface area contributed by atoms with Crippen molar-refractivity contribution in [3.63, 3.8) is 0 Å². The second-order valence-electron chi connectivity index (χ2n) is 5.41. The third-order valence-electron chi connectivity index (χ3n) is 4.19. The Bertz CT molecular complexity index is 607. The Kier molecular flexibility index (Phi) is 4.53. The van der Waals surface area contributed by atoms with Crippen molar-refractivity contribution >= 4 is 12.1 Å². The summed E-state index contributed by atoms with van der Waals surface area (Å²) in [5.74, 6) is -0.671. The number of likely N-dealkylation sites (tertiary alicyclic amines) is 1. The van der Waals surface area contributed by atoms with Crippen LogP contribution >= 0.6 is 0 Å². The van der Waals surface area contributed by atoms with Gasteiger partial charge in [0.05, 0.1) is 18.1 Å². The van der Waals surface area contributed by atoms with Crippen molar-refractivity contribution in [2.45, 2.75) is 24.4 Å². The molecule has 1 amide bonds. The van der Waals surface area contributed by atoms with E-state index >= 15 is 0 Å². The molecule has 0 saturated carbocycles. The Morgan fingerprint density at radius 3 is 2.35 bits per heavy atom. The summed E-state index contributed by atoms with van der Waals surface area (Å²) in [6.45, 7) is -0.0125. The number of halogens is 3. The third-order valence-corrected chi connectivity index (χ3v) is 4.19. The van der Waals surface area contributed by atoms with Gasteiger partial charge >= 0.3 is 12.1 Å². The van der Waals surface area contributed by atoms with E-state index in [1.54, 1.807) is 0 Å². The first-order valence-corrected chi connectivity index (χ1v) is 6.93. The lowest BCUT2D eigenvalue weighted by atomic mass is 9.72. The summed E-state index contributed by atoms with van der Waals surface area (Å²) in [7, 11) is 1.16. The number of carbonyl (C=O) groups excluding carboxylic acids is 2. The number of rotatable bonds is 2. The van der Waals surface area contributed by atoms with Gasteiger partial charge in [0.2, 0.25) is 0 Å². The fourth-order valence-electron chi connectivity index (χ4n) is 2.87. The molecular weight excluding hydrogens is 315 g/mol. The van der Waals surface area contributed by atoms with Gasteiger partial charge in [0.1, 0.15) is 6.09 Å². The number of carbonyl (C=O) groups is 2. The monoisotopic (exact) mass is 330 g/mol. The van der Waals surface area contributed by atoms with E-state index in [1.165, 1.54) is 12.1 Å². The smallest absolute Gasteiger partial charge is 0.416 e. The molecule has 1 aliphatic rings. The maximum Gasteiger partial charge on any atom is 0.416 e. The fraction of sp³-hybridized carbons (Fsp3) is 0.467. The Morgan fingerprint density at radius 1 is 1.26 bits per heavy atom. The van der Waals surface area contributed by atoms with Crippen LogP contribution in [0, 0.1) is 0 Å². The summed E-state index contributed by atoms with van der Waals surface area (Å²) >= 11 is 0. The number of nitrogens with zero attached hydrogens (tertiary/aromatic N) is 1. The zero-order chi connectivity index (χ0) is 17.3. The molecule has 0 unspecified atom stereocenters. The minimum absolute atomic E-state index is 0.00627. The Labute approximate surface area is 130 Å². The summed E-state index contributed by atoms with van der Waals surface area (Å²) in [6.07, 6.45) is -5.82. The second-order valence-corrected chi connectivity index (χ2v) is 5.41. The van der Waals surface area contributed by atoms with Gasteiger partial charge in [0.25, 0.3) is 0 Å². The van der Waals surface area contributed by atoms with E-state index < -0.39 is 29.2 Å². The van der Waals surface area contributed by atoms with Crippen LogP contribution in [0.25, 0.3) is 0 Å². The molecule has 0 atom stereocenters. The summed E-state index contributed by atoms with van der Waals surface area (Å²) < 4.78 is 43.5. The van der Waals surface area contributed by atoms with Crippen molar-refractivity contribution in [2.75, 3.05) is 20.2 Å². The van der Waals surface area contributed by atoms with Gasteiger partial charge in [0.15, 0.2) is 0 Å². The standard InChI is InChI=1S/C15H16F3NO4/c1-23-12(20)14(5-7-19(8-6-14)13(21)22)10-3-2-4-11(9-10)15(16,17)18/h2-4,9H,5-8H2,1H3,(H,21,22)/p-1. The molecule has 2 rings (SSSR count). The molecule has 1 aromatic carbocycles. The number of esters is 1. The number of hydrogen-bond acceptors (Lipinski definition) is 4. The molecular formula is C15H15F3NO4-. The molecule has 0 aromatic heterocycles. The van der Waals surface area contributed by atoms with Gasteiger partial charge in [-0.3, -0.25) is 4.79 Å². The number of amides is 1. The molecule has 8 heteroatoms. The highest BCUT2D eigenvalue weighted by Crippen LogP contribution is 2.39. The number of methoxy groups -OCH3 is 1. The first-order chi connectivity index (χ1) is 10.7. The molecule has 126 valence electrons. The minimum Gasteiger partial charge on any atom is -0.530 e. The van der Waals surface area contributed by atoms with E-state index in [1.807, 2.05) is 0 Å². The largest absolute Gasteiger partial charge is 0.530 e. The maximum absolute atomic E-state index is 12.9. The lowest BCUT2D eigenvalue weighted by Gasteiger charge is -2.41. The van der Waals surface area contributed by atoms with Crippen molar-refractivity contribution in [2.24, 2.45) is 0 Å². The highest BCUT2D eigenvalue weighted by atomic mass is 19.4. The van der Waals surface area contributed by atoms with Gasteiger partial charge in [-0.25, -0.2) is 0 Å². The van der Waals surface area contributed by atoms with Crippen LogP contribution in [0.15, 0.2) is 24.3 Å². The van der Waals surface area contributed by atoms with Gasteiger partial charge in [-0.15, -0.1) is 0 Å². The van der Waals surface area contributed by atoms with Crippen LogP contribution in [0.1, 0.15) is 24.0 Å². The number of hydrogen-bond donors (Lipinski definition) is 0. The molecule has 1 aliphatic heterocycles. The maximum atomic E-state index is 12.9. The number of ether oxygens (including phenoxy) is 1. The zero-order valence-electron chi connectivity index (χ0n) is 12.4. The molecule has 0 aliphatic carbocycles. The number of carboxylic acid groups (broad SMARTS) is 1. The van der Waals surface area contributed by atoms with Crippen LogP contribution in [-0.4, -0.2) is 37.2 Å². The lowest BCUT2D eigenvalue weighted by molar-refractivity contribution is -0.267. The molecule has 23 heavy (non-hydrogen) atoms. The first-order valence-electron chi connectivity index (χ1n) is 6.93. The van der Waals surface area contributed by atoms with E-state index in [9.17, 15) is 27.9 Å². The number of piperidine rings is 1. The van der Waals surface area contributed by atoms with Gasteiger partial charge in [0, 0.05) is 13.1 Å². The number of alkyl halides is 3. The minimum atomic E-state index is -4.53. The van der Waals surface area contributed by atoms with Crippen molar-refractivity contribution in [1.29, 1.82) is 0 Å². The Morgan fingerprint density at radius 2 is 1.87 bits per heavy atom. The quantitative estimate of drug-likeness (QED) is 0.772. The topological polar surface area (TPSA) is 69.7 Å². The molecule has 1 fully saturated rings. The molecule has 1 heterocycles. The molecule has 0 bridgehead atoms. The van der Waals surface area contributed by atoms with Crippen molar-refractivity contribution in [1.82, 2.24) is 4.90 Å². The van der Waals surface area contributed by atoms with Crippen LogP contribution in [-0.2, 0) is 21.1 Å². The molecule has 1 saturated heterocycles. The summed E-state index contributed by atoms with van der Waals surface area (Å²) in [5, 5.41) is 10.9. The van der Waals surface area contributed by atoms with Gasteiger partial charge in [-0.05, 0) is 24.5 Å². The Hall–Kier alpha value is -2.25. The molecule has 5 nitrogen and oxygen atoms in total. The van der Waals surface area contributed by atoms with Crippen LogP contribution in [0.3, 0.4) is 0 Å². The van der Waals surface area contributed by atoms with Crippen LogP contribution in [0.5, 0.6) is 0 Å². The molecule has 0 N–H and O–H groups in total. The van der Waals surface area contributed by atoms with E-state index in [-0.39, 0.29) is 31.5 Å². The van der Waals surface area contributed by atoms with Crippen LogP contribution in [0.4, 0.5) is 18.0 Å². The lowest BCUT2D eigenvalue weighted by Crippen LogP contribution is -2.52. The number of benzene rings is 1.